The fourth-order valence-electron chi connectivity index (χ4n) is 1.73. The Morgan fingerprint density at radius 3 is 2.42 bits per heavy atom. The summed E-state index contributed by atoms with van der Waals surface area (Å²) in [7, 11) is 1.26. The minimum absolute atomic E-state index is 0.0362. The number of amides is 2. The number of urea groups is 1. The first-order valence-electron chi connectivity index (χ1n) is 6.23. The second-order valence-corrected chi connectivity index (χ2v) is 7.44. The van der Waals surface area contributed by atoms with Gasteiger partial charge in [0.15, 0.2) is 0 Å². The normalized spacial score (nSPS) is 10.9. The molecule has 0 aromatic heterocycles. The highest BCUT2D eigenvalue weighted by molar-refractivity contribution is 8.13. The van der Waals surface area contributed by atoms with E-state index in [1.807, 2.05) is 0 Å². The van der Waals surface area contributed by atoms with Gasteiger partial charge in [0.2, 0.25) is 0 Å². The predicted octanol–water partition coefficient (Wildman–Crippen LogP) is 3.82. The molecule has 0 radical (unpaired) electrons. The molecule has 0 aliphatic heterocycles. The molecular weight excluding hydrogens is 381 g/mol. The minimum Gasteiger partial charge on any atom is -0.307 e. The maximum atomic E-state index is 11.9. The minimum atomic E-state index is -3.94. The lowest BCUT2D eigenvalue weighted by atomic mass is 10.3. The number of benzene rings is 2. The van der Waals surface area contributed by atoms with E-state index in [-0.39, 0.29) is 27.0 Å². The van der Waals surface area contributed by atoms with E-state index in [0.29, 0.717) is 0 Å². The van der Waals surface area contributed by atoms with Gasteiger partial charge in [-0.3, -0.25) is 10.1 Å². The maximum Gasteiger partial charge on any atom is 0.323 e. The van der Waals surface area contributed by atoms with E-state index in [9.17, 15) is 23.3 Å². The fraction of sp³-hybridized carbons (Fsp3) is 0. The van der Waals surface area contributed by atoms with Crippen LogP contribution in [0.25, 0.3) is 0 Å². The summed E-state index contributed by atoms with van der Waals surface area (Å²) in [6.07, 6.45) is 0. The van der Waals surface area contributed by atoms with Crippen LogP contribution in [0.2, 0.25) is 5.02 Å². The molecule has 0 aliphatic carbocycles. The Morgan fingerprint density at radius 2 is 1.83 bits per heavy atom. The maximum absolute atomic E-state index is 11.9. The molecular formula is C13H9Cl2N3O5S. The molecule has 0 fully saturated rings. The van der Waals surface area contributed by atoms with Crippen LogP contribution in [0, 0.1) is 10.1 Å². The summed E-state index contributed by atoms with van der Waals surface area (Å²) >= 11 is 5.89. The summed E-state index contributed by atoms with van der Waals surface area (Å²) in [6.45, 7) is 0. The SMILES string of the molecule is O=C(Nc1cccc([N+](=O)[O-])c1)Nc1ccc(S(=O)(=O)Cl)cc1Cl. The summed E-state index contributed by atoms with van der Waals surface area (Å²) in [5, 5.41) is 15.4. The van der Waals surface area contributed by atoms with E-state index < -0.39 is 20.0 Å². The number of rotatable bonds is 4. The Balaban J connectivity index is 2.13. The van der Waals surface area contributed by atoms with E-state index in [0.717, 1.165) is 6.07 Å². The van der Waals surface area contributed by atoms with E-state index in [2.05, 4.69) is 10.6 Å². The molecule has 2 amide bonds. The molecule has 2 N–H and O–H groups in total. The number of nitrogens with one attached hydrogen (secondary N) is 2. The molecule has 24 heavy (non-hydrogen) atoms. The number of non-ortho nitro benzene ring substituents is 1. The highest BCUT2D eigenvalue weighted by atomic mass is 35.7. The molecule has 11 heteroatoms. The lowest BCUT2D eigenvalue weighted by molar-refractivity contribution is -0.384. The van der Waals surface area contributed by atoms with Gasteiger partial charge in [0.1, 0.15) is 0 Å². The van der Waals surface area contributed by atoms with E-state index in [1.165, 1.54) is 36.4 Å². The van der Waals surface area contributed by atoms with Crippen LogP contribution in [0.3, 0.4) is 0 Å². The van der Waals surface area contributed by atoms with Gasteiger partial charge in [-0.15, -0.1) is 0 Å². The van der Waals surface area contributed by atoms with Crippen LogP contribution in [0.1, 0.15) is 0 Å². The predicted molar refractivity (Wildman–Crippen MR) is 90.2 cm³/mol. The third-order valence-corrected chi connectivity index (χ3v) is 4.45. The summed E-state index contributed by atoms with van der Waals surface area (Å²) in [4.78, 5) is 21.8. The molecule has 0 saturated carbocycles. The summed E-state index contributed by atoms with van der Waals surface area (Å²) in [5.74, 6) is 0. The van der Waals surface area contributed by atoms with Gasteiger partial charge in [0.25, 0.3) is 14.7 Å². The van der Waals surface area contributed by atoms with Crippen LogP contribution in [-0.4, -0.2) is 19.4 Å². The molecule has 0 spiro atoms. The standard InChI is InChI=1S/C13H9Cl2N3O5S/c14-11-7-10(24(15,22)23)4-5-12(11)17-13(19)16-8-2-1-3-9(6-8)18(20)21/h1-7H,(H2,16,17,19). The molecule has 2 aromatic rings. The zero-order valence-corrected chi connectivity index (χ0v) is 14.0. The van der Waals surface area contributed by atoms with Crippen LogP contribution in [-0.2, 0) is 9.05 Å². The molecule has 0 unspecified atom stereocenters. The first-order valence-corrected chi connectivity index (χ1v) is 8.92. The Morgan fingerprint density at radius 1 is 1.12 bits per heavy atom. The van der Waals surface area contributed by atoms with Crippen molar-refractivity contribution in [1.29, 1.82) is 0 Å². The monoisotopic (exact) mass is 389 g/mol. The van der Waals surface area contributed by atoms with Gasteiger partial charge in [0.05, 0.1) is 20.5 Å². The van der Waals surface area contributed by atoms with Crippen molar-refractivity contribution >= 4 is 54.4 Å². The van der Waals surface area contributed by atoms with E-state index >= 15 is 0 Å². The Labute approximate surface area is 146 Å². The number of carbonyl (C=O) groups excluding carboxylic acids is 1. The summed E-state index contributed by atoms with van der Waals surface area (Å²) in [5.41, 5.74) is 0.170. The molecule has 0 saturated heterocycles. The second-order valence-electron chi connectivity index (χ2n) is 4.47. The van der Waals surface area contributed by atoms with Gasteiger partial charge in [-0.2, -0.15) is 0 Å². The number of nitro benzene ring substituents is 1. The highest BCUT2D eigenvalue weighted by Gasteiger charge is 2.14. The number of carbonyl (C=O) groups is 1. The second kappa shape index (κ2) is 7.04. The van der Waals surface area contributed by atoms with E-state index in [1.54, 1.807) is 0 Å². The van der Waals surface area contributed by atoms with Crippen molar-refractivity contribution in [3.63, 3.8) is 0 Å². The zero-order valence-electron chi connectivity index (χ0n) is 11.7. The lowest BCUT2D eigenvalue weighted by Gasteiger charge is -2.09. The van der Waals surface area contributed by atoms with Gasteiger partial charge in [-0.25, -0.2) is 13.2 Å². The van der Waals surface area contributed by atoms with Crippen LogP contribution < -0.4 is 10.6 Å². The van der Waals surface area contributed by atoms with Crippen molar-refractivity contribution in [2.75, 3.05) is 10.6 Å². The smallest absolute Gasteiger partial charge is 0.307 e. The van der Waals surface area contributed by atoms with Crippen molar-refractivity contribution in [2.24, 2.45) is 0 Å². The molecule has 126 valence electrons. The first kappa shape index (κ1) is 18.0. The largest absolute Gasteiger partial charge is 0.323 e. The van der Waals surface area contributed by atoms with Crippen molar-refractivity contribution in [3.8, 4) is 0 Å². The first-order chi connectivity index (χ1) is 11.2. The molecule has 0 atom stereocenters. The number of hydrogen-bond donors (Lipinski definition) is 2. The lowest BCUT2D eigenvalue weighted by Crippen LogP contribution is -2.19. The number of anilines is 2. The molecule has 0 heterocycles. The Bertz CT molecular complexity index is 918. The number of nitro groups is 1. The average molecular weight is 390 g/mol. The third kappa shape index (κ3) is 4.57. The zero-order chi connectivity index (χ0) is 17.9. The topological polar surface area (TPSA) is 118 Å². The van der Waals surface area contributed by atoms with Crippen LogP contribution >= 0.6 is 22.3 Å². The number of nitrogens with zero attached hydrogens (tertiary/aromatic N) is 1. The molecule has 2 aromatic carbocycles. The van der Waals surface area contributed by atoms with Crippen molar-refractivity contribution in [2.45, 2.75) is 4.90 Å². The van der Waals surface area contributed by atoms with Crippen LogP contribution in [0.15, 0.2) is 47.4 Å². The molecule has 2 rings (SSSR count). The number of halogens is 2. The fourth-order valence-corrected chi connectivity index (χ4v) is 2.80. The average Bonchev–Trinajstić information content (AvgIpc) is 2.48. The van der Waals surface area contributed by atoms with Crippen molar-refractivity contribution in [1.82, 2.24) is 0 Å². The third-order valence-electron chi connectivity index (χ3n) is 2.79. The molecule has 8 nitrogen and oxygen atoms in total. The van der Waals surface area contributed by atoms with E-state index in [4.69, 9.17) is 22.3 Å². The van der Waals surface area contributed by atoms with Crippen LogP contribution in [0.5, 0.6) is 0 Å². The quantitative estimate of drug-likeness (QED) is 0.467. The van der Waals surface area contributed by atoms with Crippen molar-refractivity contribution < 1.29 is 18.1 Å². The number of hydrogen-bond acceptors (Lipinski definition) is 5. The van der Waals surface area contributed by atoms with Gasteiger partial charge in [-0.1, -0.05) is 17.7 Å². The van der Waals surface area contributed by atoms with Crippen molar-refractivity contribution in [3.05, 3.63) is 57.6 Å². The van der Waals surface area contributed by atoms with Gasteiger partial charge in [0, 0.05) is 28.5 Å². The van der Waals surface area contributed by atoms with Gasteiger partial charge < -0.3 is 10.6 Å². The molecule has 0 aliphatic rings. The molecule has 0 bridgehead atoms. The van der Waals surface area contributed by atoms with Crippen LogP contribution in [0.4, 0.5) is 21.9 Å². The van der Waals surface area contributed by atoms with Gasteiger partial charge in [-0.05, 0) is 24.3 Å². The highest BCUT2D eigenvalue weighted by Crippen LogP contribution is 2.27. The Hall–Kier alpha value is -2.36. The Kier molecular flexibility index (Phi) is 5.27. The summed E-state index contributed by atoms with van der Waals surface area (Å²) in [6, 6.07) is 8.18. The van der Waals surface area contributed by atoms with Gasteiger partial charge >= 0.3 is 6.03 Å². The summed E-state index contributed by atoms with van der Waals surface area (Å²) < 4.78 is 22.4.